The first-order valence-corrected chi connectivity index (χ1v) is 7.01. The molecule has 2 heterocycles. The van der Waals surface area contributed by atoms with Crippen molar-refractivity contribution in [2.24, 2.45) is 0 Å². The van der Waals surface area contributed by atoms with E-state index < -0.39 is 0 Å². The smallest absolute Gasteiger partial charge is 0.298 e. The number of carbonyl (C=O) groups excluding carboxylic acids is 2. The fraction of sp³-hybridized carbons (Fsp3) is 0. The minimum absolute atomic E-state index is 0.324. The third-order valence-corrected chi connectivity index (χ3v) is 3.87. The van der Waals surface area contributed by atoms with E-state index in [1.165, 1.54) is 0 Å². The van der Waals surface area contributed by atoms with Crippen LogP contribution >= 0.6 is 23.4 Å². The number of amides is 2. The number of carbonyl (C=O) groups is 2. The molecule has 20 heavy (non-hydrogen) atoms. The molecule has 4 nitrogen and oxygen atoms in total. The number of aromatic amines is 1. The number of nitrogens with zero attached hydrogens (tertiary/aromatic N) is 1. The summed E-state index contributed by atoms with van der Waals surface area (Å²) in [5.41, 5.74) is 1.26. The van der Waals surface area contributed by atoms with E-state index in [4.69, 9.17) is 11.6 Å². The van der Waals surface area contributed by atoms with Crippen molar-refractivity contribution < 1.29 is 9.59 Å². The molecule has 100 valence electrons. The van der Waals surface area contributed by atoms with E-state index >= 15 is 0 Å². The Labute approximate surface area is 124 Å². The van der Waals surface area contributed by atoms with E-state index in [2.05, 4.69) is 4.98 Å². The molecule has 0 radical (unpaired) electrons. The molecule has 0 aliphatic carbocycles. The number of hydrogen-bond donors (Lipinski definition) is 1. The Kier molecular flexibility index (Phi) is 3.38. The van der Waals surface area contributed by atoms with E-state index in [9.17, 15) is 9.59 Å². The summed E-state index contributed by atoms with van der Waals surface area (Å²) in [6, 6.07) is 10.3. The van der Waals surface area contributed by atoms with Gasteiger partial charge in [-0.05, 0) is 48.2 Å². The molecule has 0 bridgehead atoms. The topological polar surface area (TPSA) is 53.2 Å². The van der Waals surface area contributed by atoms with Crippen LogP contribution in [0.4, 0.5) is 10.5 Å². The lowest BCUT2D eigenvalue weighted by molar-refractivity contribution is -0.113. The van der Waals surface area contributed by atoms with Gasteiger partial charge in [-0.1, -0.05) is 17.7 Å². The molecule has 1 aliphatic rings. The molecule has 1 fully saturated rings. The molecule has 0 unspecified atom stereocenters. The molecule has 0 atom stereocenters. The number of rotatable bonds is 2. The van der Waals surface area contributed by atoms with Crippen molar-refractivity contribution in [3.63, 3.8) is 0 Å². The van der Waals surface area contributed by atoms with Crippen LogP contribution < -0.4 is 4.90 Å². The third-order valence-electron chi connectivity index (χ3n) is 2.77. The lowest BCUT2D eigenvalue weighted by atomic mass is 10.3. The number of thioether (sulfide) groups is 1. The number of aromatic nitrogens is 1. The number of anilines is 1. The first-order valence-electron chi connectivity index (χ1n) is 5.82. The summed E-state index contributed by atoms with van der Waals surface area (Å²) >= 11 is 6.81. The average Bonchev–Trinajstić information content (AvgIpc) is 2.99. The van der Waals surface area contributed by atoms with Crippen LogP contribution in [-0.2, 0) is 4.79 Å². The molecule has 1 N–H and O–H groups in total. The molecule has 1 aliphatic heterocycles. The summed E-state index contributed by atoms with van der Waals surface area (Å²) in [6.45, 7) is 0. The van der Waals surface area contributed by atoms with Gasteiger partial charge in [0.1, 0.15) is 0 Å². The molecule has 1 aromatic heterocycles. The SMILES string of the molecule is O=C1S/C(=C\c2ccc[nH]2)C(=O)N1c1cccc(Cl)c1. The zero-order valence-corrected chi connectivity index (χ0v) is 11.7. The summed E-state index contributed by atoms with van der Waals surface area (Å²) in [6.07, 6.45) is 3.42. The Hall–Kier alpha value is -1.98. The van der Waals surface area contributed by atoms with Gasteiger partial charge in [0.2, 0.25) is 0 Å². The van der Waals surface area contributed by atoms with Gasteiger partial charge in [0.05, 0.1) is 10.6 Å². The summed E-state index contributed by atoms with van der Waals surface area (Å²) < 4.78 is 0. The van der Waals surface area contributed by atoms with Crippen molar-refractivity contribution in [3.05, 3.63) is 58.2 Å². The number of hydrogen-bond acceptors (Lipinski definition) is 3. The quantitative estimate of drug-likeness (QED) is 0.856. The second-order valence-electron chi connectivity index (χ2n) is 4.12. The van der Waals surface area contributed by atoms with Gasteiger partial charge in [-0.3, -0.25) is 9.59 Å². The lowest BCUT2D eigenvalue weighted by Gasteiger charge is -2.12. The summed E-state index contributed by atoms with van der Waals surface area (Å²) in [7, 11) is 0. The maximum atomic E-state index is 12.3. The van der Waals surface area contributed by atoms with Crippen molar-refractivity contribution >= 4 is 46.3 Å². The molecule has 6 heteroatoms. The Morgan fingerprint density at radius 1 is 1.20 bits per heavy atom. The predicted molar refractivity (Wildman–Crippen MR) is 80.7 cm³/mol. The van der Waals surface area contributed by atoms with Crippen molar-refractivity contribution in [2.45, 2.75) is 0 Å². The average molecular weight is 305 g/mol. The van der Waals surface area contributed by atoms with E-state index in [0.717, 1.165) is 22.4 Å². The first-order chi connectivity index (χ1) is 9.65. The Morgan fingerprint density at radius 2 is 2.05 bits per heavy atom. The highest BCUT2D eigenvalue weighted by atomic mass is 35.5. The van der Waals surface area contributed by atoms with Gasteiger partial charge in [0, 0.05) is 16.9 Å². The Morgan fingerprint density at radius 3 is 2.75 bits per heavy atom. The molecule has 3 rings (SSSR count). The van der Waals surface area contributed by atoms with Crippen LogP contribution in [0.5, 0.6) is 0 Å². The van der Waals surface area contributed by atoms with Gasteiger partial charge in [-0.2, -0.15) is 0 Å². The predicted octanol–water partition coefficient (Wildman–Crippen LogP) is 3.91. The number of H-pyrrole nitrogens is 1. The number of imide groups is 1. The number of halogens is 1. The van der Waals surface area contributed by atoms with Crippen molar-refractivity contribution in [1.29, 1.82) is 0 Å². The Bertz CT molecular complexity index is 710. The van der Waals surface area contributed by atoms with Crippen LogP contribution in [0.3, 0.4) is 0 Å². The summed E-state index contributed by atoms with van der Waals surface area (Å²) in [5.74, 6) is -0.336. The fourth-order valence-corrected chi connectivity index (χ4v) is 2.90. The molecule has 0 saturated carbocycles. The molecule has 2 aromatic rings. The molecular formula is C14H9ClN2O2S. The second kappa shape index (κ2) is 5.19. The normalized spacial score (nSPS) is 17.2. The number of benzene rings is 1. The maximum Gasteiger partial charge on any atom is 0.298 e. The highest BCUT2D eigenvalue weighted by Gasteiger charge is 2.36. The van der Waals surface area contributed by atoms with Crippen LogP contribution in [0.1, 0.15) is 5.69 Å². The van der Waals surface area contributed by atoms with Crippen LogP contribution in [0.15, 0.2) is 47.5 Å². The summed E-state index contributed by atoms with van der Waals surface area (Å²) in [4.78, 5) is 28.8. The van der Waals surface area contributed by atoms with Gasteiger partial charge in [-0.25, -0.2) is 4.90 Å². The zero-order valence-electron chi connectivity index (χ0n) is 10.2. The molecule has 2 amide bonds. The van der Waals surface area contributed by atoms with Gasteiger partial charge in [0.25, 0.3) is 11.1 Å². The van der Waals surface area contributed by atoms with E-state index in [1.807, 2.05) is 12.1 Å². The fourth-order valence-electron chi connectivity index (χ4n) is 1.88. The van der Waals surface area contributed by atoms with E-state index in [1.54, 1.807) is 36.5 Å². The van der Waals surface area contributed by atoms with Crippen LogP contribution in [0.2, 0.25) is 5.02 Å². The highest BCUT2D eigenvalue weighted by Crippen LogP contribution is 2.36. The monoisotopic (exact) mass is 304 g/mol. The van der Waals surface area contributed by atoms with Gasteiger partial charge in [-0.15, -0.1) is 0 Å². The van der Waals surface area contributed by atoms with Gasteiger partial charge >= 0.3 is 0 Å². The molecular weight excluding hydrogens is 296 g/mol. The van der Waals surface area contributed by atoms with Gasteiger partial charge < -0.3 is 4.98 Å². The van der Waals surface area contributed by atoms with Crippen LogP contribution in [0, 0.1) is 0 Å². The van der Waals surface area contributed by atoms with Gasteiger partial charge in [0.15, 0.2) is 0 Å². The van der Waals surface area contributed by atoms with E-state index in [0.29, 0.717) is 15.6 Å². The number of nitrogens with one attached hydrogen (secondary N) is 1. The molecule has 1 saturated heterocycles. The minimum Gasteiger partial charge on any atom is -0.362 e. The first kappa shape index (κ1) is 13.0. The zero-order chi connectivity index (χ0) is 14.1. The second-order valence-corrected chi connectivity index (χ2v) is 5.55. The summed E-state index contributed by atoms with van der Waals surface area (Å²) in [5, 5.41) is 0.157. The Balaban J connectivity index is 1.95. The molecule has 0 spiro atoms. The maximum absolute atomic E-state index is 12.3. The lowest BCUT2D eigenvalue weighted by Crippen LogP contribution is -2.27. The third kappa shape index (κ3) is 2.37. The molecule has 1 aromatic carbocycles. The largest absolute Gasteiger partial charge is 0.362 e. The van der Waals surface area contributed by atoms with Crippen LogP contribution in [0.25, 0.3) is 6.08 Å². The highest BCUT2D eigenvalue weighted by molar-refractivity contribution is 8.19. The van der Waals surface area contributed by atoms with Crippen LogP contribution in [-0.4, -0.2) is 16.1 Å². The minimum atomic E-state index is -0.336. The van der Waals surface area contributed by atoms with Crippen molar-refractivity contribution in [3.8, 4) is 0 Å². The van der Waals surface area contributed by atoms with Crippen molar-refractivity contribution in [2.75, 3.05) is 4.90 Å². The van der Waals surface area contributed by atoms with Crippen molar-refractivity contribution in [1.82, 2.24) is 4.98 Å². The van der Waals surface area contributed by atoms with E-state index in [-0.39, 0.29) is 11.1 Å². The standard InChI is InChI=1S/C14H9ClN2O2S/c15-9-3-1-5-11(7-9)17-13(18)12(20-14(17)19)8-10-4-2-6-16-10/h1-8,16H/b12-8-.